The standard InChI is InChI=1S/C40H49N5O12/c1-18-11-10-12-19(2)39(53)44-30-25(15-43-45-16-41-42-17-45)34(50)27-28(35(30)51)33(49)23(6)37-29(27)38(52)40(8,57-37)55-14-13-26(54-9)20(3)36(56-24(7)46)22(5)32(48)21(4)31(18)47/h10-18,20-22,26,31-32,36,47-51H,1-9H3,(H,44,53)/b11-10+,14-13+,19-12?,43-15+. The van der Waals surface area contributed by atoms with E-state index >= 15 is 0 Å². The molecule has 6 N–H and O–H groups in total. The Kier molecular flexibility index (Phi) is 12.5. The number of carbonyl (C=O) groups excluding carboxylic acids is 3. The van der Waals surface area contributed by atoms with Crippen molar-refractivity contribution in [1.82, 2.24) is 14.9 Å². The number of anilines is 1. The van der Waals surface area contributed by atoms with Gasteiger partial charge in [0.25, 0.3) is 11.7 Å². The second-order valence-corrected chi connectivity index (χ2v) is 14.7. The zero-order valence-corrected chi connectivity index (χ0v) is 33.1. The Morgan fingerprint density at radius 3 is 2.26 bits per heavy atom. The number of aliphatic hydroxyl groups is 2. The summed E-state index contributed by atoms with van der Waals surface area (Å²) in [5.41, 5.74) is -0.655. The van der Waals surface area contributed by atoms with Crippen molar-refractivity contribution < 1.29 is 58.9 Å². The lowest BCUT2D eigenvalue weighted by molar-refractivity contribution is -0.160. The molecular formula is C40H49N5O12. The first-order chi connectivity index (χ1) is 26.8. The fraction of sp³-hybridized carbons (Fsp3) is 0.450. The summed E-state index contributed by atoms with van der Waals surface area (Å²) in [5.74, 6) is -8.72. The average molecular weight is 792 g/mol. The highest BCUT2D eigenvalue weighted by Crippen LogP contribution is 2.55. The maximum Gasteiger partial charge on any atom is 0.312 e. The van der Waals surface area contributed by atoms with Crippen molar-refractivity contribution in [1.29, 1.82) is 0 Å². The minimum atomic E-state index is -2.07. The van der Waals surface area contributed by atoms with Crippen LogP contribution in [0, 0.1) is 30.6 Å². The Balaban J connectivity index is 1.72. The van der Waals surface area contributed by atoms with Crippen LogP contribution in [0.15, 0.2) is 53.9 Å². The van der Waals surface area contributed by atoms with Gasteiger partial charge in [-0.3, -0.25) is 14.4 Å². The summed E-state index contributed by atoms with van der Waals surface area (Å²) in [7, 11) is 1.42. The molecule has 1 aromatic heterocycles. The van der Waals surface area contributed by atoms with Gasteiger partial charge in [-0.05, 0) is 19.9 Å². The first-order valence-electron chi connectivity index (χ1n) is 18.3. The summed E-state index contributed by atoms with van der Waals surface area (Å²) in [6, 6.07) is 0. The van der Waals surface area contributed by atoms with Gasteiger partial charge in [-0.25, -0.2) is 4.68 Å². The summed E-state index contributed by atoms with van der Waals surface area (Å²) in [6.45, 7) is 12.4. The van der Waals surface area contributed by atoms with Crippen LogP contribution in [0.25, 0.3) is 10.8 Å². The Labute approximate surface area is 328 Å². The third kappa shape index (κ3) is 8.08. The molecule has 0 spiro atoms. The first kappa shape index (κ1) is 42.4. The largest absolute Gasteiger partial charge is 0.507 e. The van der Waals surface area contributed by atoms with Crippen LogP contribution in [-0.2, 0) is 23.8 Å². The van der Waals surface area contributed by atoms with E-state index in [0.29, 0.717) is 0 Å². The van der Waals surface area contributed by atoms with Gasteiger partial charge in [0.2, 0.25) is 0 Å². The molecule has 3 aliphatic rings. The number of phenolic OH excluding ortho intramolecular Hbond substituents is 3. The zero-order chi connectivity index (χ0) is 42.1. The molecule has 9 unspecified atom stereocenters. The minimum absolute atomic E-state index is 0.0254. The smallest absolute Gasteiger partial charge is 0.312 e. The average Bonchev–Trinajstić information content (AvgIpc) is 3.79. The molecule has 306 valence electrons. The number of aliphatic hydroxyl groups excluding tert-OH is 2. The highest BCUT2D eigenvalue weighted by Gasteiger charge is 2.50. The summed E-state index contributed by atoms with van der Waals surface area (Å²) < 4.78 is 24.6. The van der Waals surface area contributed by atoms with Crippen LogP contribution in [0.5, 0.6) is 23.0 Å². The monoisotopic (exact) mass is 791 g/mol. The number of amides is 1. The van der Waals surface area contributed by atoms with Gasteiger partial charge in [-0.1, -0.05) is 45.9 Å². The predicted octanol–water partition coefficient (Wildman–Crippen LogP) is 4.23. The summed E-state index contributed by atoms with van der Waals surface area (Å²) in [6.07, 6.45) is 7.00. The number of fused-ring (bicyclic) bond motifs is 14. The third-order valence-electron chi connectivity index (χ3n) is 10.8. The van der Waals surface area contributed by atoms with Gasteiger partial charge in [-0.2, -0.15) is 5.10 Å². The van der Waals surface area contributed by atoms with Crippen molar-refractivity contribution in [3.8, 4) is 23.0 Å². The second-order valence-electron chi connectivity index (χ2n) is 14.7. The Morgan fingerprint density at radius 1 is 0.965 bits per heavy atom. The van der Waals surface area contributed by atoms with Crippen molar-refractivity contribution in [3.05, 3.63) is 65.5 Å². The van der Waals surface area contributed by atoms with E-state index in [4.69, 9.17) is 18.9 Å². The lowest BCUT2D eigenvalue weighted by atomic mass is 9.78. The lowest BCUT2D eigenvalue weighted by Crippen LogP contribution is -2.46. The number of ether oxygens (including phenoxy) is 4. The number of aromatic hydroxyl groups is 3. The zero-order valence-electron chi connectivity index (χ0n) is 33.1. The number of Topliss-reactive ketones (excluding diaryl/α,β-unsaturated/α-hetero) is 1. The van der Waals surface area contributed by atoms with E-state index in [-0.39, 0.29) is 44.5 Å². The molecule has 17 nitrogen and oxygen atoms in total. The molecule has 6 rings (SSSR count). The fourth-order valence-corrected chi connectivity index (χ4v) is 7.25. The number of allylic oxidation sites excluding steroid dienone is 2. The maximum absolute atomic E-state index is 14.3. The molecule has 57 heavy (non-hydrogen) atoms. The predicted molar refractivity (Wildman–Crippen MR) is 207 cm³/mol. The summed E-state index contributed by atoms with van der Waals surface area (Å²) in [4.78, 5) is 40.2. The lowest BCUT2D eigenvalue weighted by Gasteiger charge is -2.38. The molecule has 0 saturated heterocycles. The van der Waals surface area contributed by atoms with Crippen molar-refractivity contribution >= 4 is 40.3 Å². The van der Waals surface area contributed by atoms with Crippen molar-refractivity contribution in [3.63, 3.8) is 0 Å². The number of nitrogens with one attached hydrogen (secondary N) is 1. The summed E-state index contributed by atoms with van der Waals surface area (Å²) >= 11 is 0. The van der Waals surface area contributed by atoms with Crippen molar-refractivity contribution in [2.45, 2.75) is 85.6 Å². The number of methoxy groups -OCH3 is 1. The van der Waals surface area contributed by atoms with Gasteiger partial charge in [0.1, 0.15) is 36.0 Å². The number of hydrogen-bond acceptors (Lipinski definition) is 15. The number of carbonyl (C=O) groups is 3. The molecule has 17 heteroatoms. The van der Waals surface area contributed by atoms with Gasteiger partial charge in [0.05, 0.1) is 53.0 Å². The Hall–Kier alpha value is -5.78. The molecule has 0 fully saturated rings. The molecule has 9 atom stereocenters. The molecule has 1 amide bonds. The van der Waals surface area contributed by atoms with Gasteiger partial charge in [0, 0.05) is 61.2 Å². The van der Waals surface area contributed by atoms with Gasteiger partial charge >= 0.3 is 11.8 Å². The molecule has 3 aliphatic heterocycles. The molecule has 2 aromatic carbocycles. The normalized spacial score (nSPS) is 29.8. The SMILES string of the molecule is COC1/C=C/OC2(C)Oc3c(C)c(O)c4c(O)c(c(/C=N/n5cnnc5)c(O)c4c3C2=O)NC(=O)C(C)=C/C=C/C(C)C(O)C(C)C(O)C(C)C(OC(C)=O)C1C. The molecule has 0 radical (unpaired) electrons. The van der Waals surface area contributed by atoms with E-state index in [9.17, 15) is 39.9 Å². The van der Waals surface area contributed by atoms with E-state index in [2.05, 4.69) is 20.6 Å². The molecular weight excluding hydrogens is 742 g/mol. The van der Waals surface area contributed by atoms with E-state index in [1.165, 1.54) is 70.5 Å². The number of esters is 1. The van der Waals surface area contributed by atoms with E-state index in [1.54, 1.807) is 39.8 Å². The van der Waals surface area contributed by atoms with E-state index < -0.39 is 88.8 Å². The van der Waals surface area contributed by atoms with Crippen molar-refractivity contribution in [2.75, 3.05) is 12.4 Å². The Morgan fingerprint density at radius 2 is 1.63 bits per heavy atom. The van der Waals surface area contributed by atoms with Gasteiger partial charge < -0.3 is 49.8 Å². The number of benzene rings is 2. The van der Waals surface area contributed by atoms with Gasteiger partial charge in [-0.15, -0.1) is 10.2 Å². The number of phenols is 3. The van der Waals surface area contributed by atoms with Crippen LogP contribution in [0.1, 0.15) is 70.0 Å². The molecule has 0 saturated carbocycles. The topological polar surface area (TPSA) is 244 Å². The minimum Gasteiger partial charge on any atom is -0.507 e. The number of hydrogen-bond donors (Lipinski definition) is 6. The molecule has 0 aliphatic carbocycles. The molecule has 3 aromatic rings. The second kappa shape index (κ2) is 16.8. The van der Waals surface area contributed by atoms with Crippen LogP contribution in [-0.4, -0.2) is 102 Å². The number of aromatic nitrogens is 3. The third-order valence-corrected chi connectivity index (χ3v) is 10.8. The van der Waals surface area contributed by atoms with Crippen LogP contribution in [0.2, 0.25) is 0 Å². The number of rotatable bonds is 4. The van der Waals surface area contributed by atoms with Crippen LogP contribution < -0.4 is 10.1 Å². The van der Waals surface area contributed by atoms with Crippen LogP contribution >= 0.6 is 0 Å². The van der Waals surface area contributed by atoms with E-state index in [1.807, 2.05) is 0 Å². The van der Waals surface area contributed by atoms with Crippen LogP contribution in [0.4, 0.5) is 5.69 Å². The van der Waals surface area contributed by atoms with Gasteiger partial charge in [0.15, 0.2) is 5.75 Å². The van der Waals surface area contributed by atoms with E-state index in [0.717, 1.165) is 6.21 Å². The highest BCUT2D eigenvalue weighted by atomic mass is 16.7. The molecule has 4 heterocycles. The number of nitrogens with zero attached hydrogens (tertiary/aromatic N) is 4. The fourth-order valence-electron chi connectivity index (χ4n) is 7.25. The quantitative estimate of drug-likeness (QED) is 0.0938. The van der Waals surface area contributed by atoms with Crippen molar-refractivity contribution in [2.24, 2.45) is 28.8 Å². The first-order valence-corrected chi connectivity index (χ1v) is 18.3. The highest BCUT2D eigenvalue weighted by molar-refractivity contribution is 6.23. The van der Waals surface area contributed by atoms with Crippen LogP contribution in [0.3, 0.4) is 0 Å². The molecule has 5 bridgehead atoms. The Bertz CT molecular complexity index is 2160. The number of ketones is 1. The summed E-state index contributed by atoms with van der Waals surface area (Å²) in [5, 5.41) is 71.5. The maximum atomic E-state index is 14.3.